The fourth-order valence-electron chi connectivity index (χ4n) is 2.93. The standard InChI is InChI=1S/C17H25FN2O2/c1-17(12-21)8-10-20(11-9-17)16(22)15(19(2)3)13-6-4-5-7-14(13)18/h4-7,15,21H,8-12H2,1-3H3. The van der Waals surface area contributed by atoms with E-state index >= 15 is 0 Å². The van der Waals surface area contributed by atoms with Crippen LogP contribution >= 0.6 is 0 Å². The molecule has 0 aromatic heterocycles. The van der Waals surface area contributed by atoms with Crippen LogP contribution in [-0.4, -0.2) is 54.6 Å². The Morgan fingerprint density at radius 1 is 1.36 bits per heavy atom. The smallest absolute Gasteiger partial charge is 0.244 e. The number of likely N-dealkylation sites (tertiary alicyclic amines) is 1. The van der Waals surface area contributed by atoms with E-state index in [2.05, 4.69) is 0 Å². The Kier molecular flexibility index (Phi) is 5.19. The molecule has 1 heterocycles. The Bertz CT molecular complexity index is 525. The van der Waals surface area contributed by atoms with Crippen molar-refractivity contribution >= 4 is 5.91 Å². The van der Waals surface area contributed by atoms with Crippen molar-refractivity contribution in [3.05, 3.63) is 35.6 Å². The second kappa shape index (κ2) is 6.75. The predicted octanol–water partition coefficient (Wildman–Crippen LogP) is 2.05. The molecule has 1 fully saturated rings. The number of hydrogen-bond acceptors (Lipinski definition) is 3. The summed E-state index contributed by atoms with van der Waals surface area (Å²) in [5.41, 5.74) is 0.301. The maximum absolute atomic E-state index is 14.1. The van der Waals surface area contributed by atoms with E-state index in [0.29, 0.717) is 18.7 Å². The van der Waals surface area contributed by atoms with Gasteiger partial charge in [-0.05, 0) is 38.4 Å². The number of amides is 1. The molecule has 1 saturated heterocycles. The topological polar surface area (TPSA) is 43.8 Å². The van der Waals surface area contributed by atoms with Crippen molar-refractivity contribution < 1.29 is 14.3 Å². The lowest BCUT2D eigenvalue weighted by Crippen LogP contribution is -2.47. The summed E-state index contributed by atoms with van der Waals surface area (Å²) in [4.78, 5) is 16.4. The van der Waals surface area contributed by atoms with Gasteiger partial charge in [0.05, 0.1) is 0 Å². The van der Waals surface area contributed by atoms with Gasteiger partial charge in [-0.15, -0.1) is 0 Å². The molecule has 1 amide bonds. The van der Waals surface area contributed by atoms with Gasteiger partial charge in [-0.3, -0.25) is 9.69 Å². The van der Waals surface area contributed by atoms with Crippen LogP contribution in [0.3, 0.4) is 0 Å². The van der Waals surface area contributed by atoms with Gasteiger partial charge in [0.15, 0.2) is 0 Å². The summed E-state index contributed by atoms with van der Waals surface area (Å²) in [5.74, 6) is -0.429. The van der Waals surface area contributed by atoms with E-state index in [-0.39, 0.29) is 23.7 Å². The van der Waals surface area contributed by atoms with E-state index in [1.165, 1.54) is 6.07 Å². The lowest BCUT2D eigenvalue weighted by molar-refractivity contribution is -0.139. The highest BCUT2D eigenvalue weighted by molar-refractivity contribution is 5.83. The van der Waals surface area contributed by atoms with Gasteiger partial charge in [-0.2, -0.15) is 0 Å². The number of carbonyl (C=O) groups excluding carboxylic acids is 1. The van der Waals surface area contributed by atoms with Gasteiger partial charge in [-0.1, -0.05) is 25.1 Å². The predicted molar refractivity (Wildman–Crippen MR) is 83.8 cm³/mol. The third-order valence-corrected chi connectivity index (χ3v) is 4.61. The van der Waals surface area contributed by atoms with Crippen LogP contribution in [0.15, 0.2) is 24.3 Å². The largest absolute Gasteiger partial charge is 0.396 e. The zero-order valence-corrected chi connectivity index (χ0v) is 13.6. The van der Waals surface area contributed by atoms with E-state index in [4.69, 9.17) is 0 Å². The molecule has 1 aromatic carbocycles. The van der Waals surface area contributed by atoms with Crippen LogP contribution in [0.4, 0.5) is 4.39 Å². The minimum Gasteiger partial charge on any atom is -0.396 e. The van der Waals surface area contributed by atoms with Crippen molar-refractivity contribution in [1.82, 2.24) is 9.80 Å². The number of carbonyl (C=O) groups is 1. The monoisotopic (exact) mass is 308 g/mol. The molecule has 0 bridgehead atoms. The van der Waals surface area contributed by atoms with Gasteiger partial charge in [0, 0.05) is 25.3 Å². The van der Waals surface area contributed by atoms with Crippen LogP contribution in [0.2, 0.25) is 0 Å². The van der Waals surface area contributed by atoms with Gasteiger partial charge < -0.3 is 10.0 Å². The summed E-state index contributed by atoms with van der Waals surface area (Å²) >= 11 is 0. The fraction of sp³-hybridized carbons (Fsp3) is 0.588. The van der Waals surface area contributed by atoms with E-state index in [9.17, 15) is 14.3 Å². The van der Waals surface area contributed by atoms with Crippen molar-refractivity contribution in [2.45, 2.75) is 25.8 Å². The van der Waals surface area contributed by atoms with Gasteiger partial charge in [0.25, 0.3) is 0 Å². The lowest BCUT2D eigenvalue weighted by Gasteiger charge is -2.40. The number of halogens is 1. The first-order valence-electron chi connectivity index (χ1n) is 7.68. The molecule has 1 aliphatic rings. The molecule has 0 aliphatic carbocycles. The van der Waals surface area contributed by atoms with Crippen molar-refractivity contribution in [3.8, 4) is 0 Å². The first-order chi connectivity index (χ1) is 10.4. The molecule has 122 valence electrons. The summed E-state index contributed by atoms with van der Waals surface area (Å²) in [6, 6.07) is 5.82. The molecule has 1 atom stereocenters. The van der Waals surface area contributed by atoms with Crippen LogP contribution in [0.1, 0.15) is 31.4 Å². The molecule has 22 heavy (non-hydrogen) atoms. The maximum atomic E-state index is 14.1. The zero-order valence-electron chi connectivity index (χ0n) is 13.6. The minimum absolute atomic E-state index is 0.0740. The third-order valence-electron chi connectivity index (χ3n) is 4.61. The second-order valence-electron chi connectivity index (χ2n) is 6.68. The van der Waals surface area contributed by atoms with E-state index in [1.54, 1.807) is 42.1 Å². The molecule has 1 aromatic rings. The highest BCUT2D eigenvalue weighted by Gasteiger charge is 2.35. The molecule has 0 saturated carbocycles. The number of benzene rings is 1. The van der Waals surface area contributed by atoms with E-state index in [1.807, 2.05) is 6.92 Å². The number of nitrogens with zero attached hydrogens (tertiary/aromatic N) is 2. The molecule has 1 unspecified atom stereocenters. The second-order valence-corrected chi connectivity index (χ2v) is 6.68. The summed E-state index contributed by atoms with van der Waals surface area (Å²) in [6.07, 6.45) is 1.54. The Labute approximate surface area is 131 Å². The van der Waals surface area contributed by atoms with Crippen molar-refractivity contribution in [2.24, 2.45) is 5.41 Å². The molecule has 2 rings (SSSR count). The maximum Gasteiger partial charge on any atom is 0.244 e. The van der Waals surface area contributed by atoms with Crippen molar-refractivity contribution in [2.75, 3.05) is 33.8 Å². The van der Waals surface area contributed by atoms with Crippen molar-refractivity contribution in [3.63, 3.8) is 0 Å². The summed E-state index contributed by atoms with van der Waals surface area (Å²) < 4.78 is 14.1. The number of rotatable bonds is 4. The average molecular weight is 308 g/mol. The Balaban J connectivity index is 2.17. The van der Waals surface area contributed by atoms with Crippen molar-refractivity contribution in [1.29, 1.82) is 0 Å². The number of aliphatic hydroxyl groups is 1. The molecule has 1 N–H and O–H groups in total. The lowest BCUT2D eigenvalue weighted by atomic mass is 9.81. The summed E-state index contributed by atoms with van der Waals surface area (Å²) in [7, 11) is 3.58. The summed E-state index contributed by atoms with van der Waals surface area (Å²) in [6.45, 7) is 3.39. The number of hydrogen-bond donors (Lipinski definition) is 1. The Hall–Kier alpha value is -1.46. The SMILES string of the molecule is CN(C)C(C(=O)N1CCC(C)(CO)CC1)c1ccccc1F. The van der Waals surface area contributed by atoms with Gasteiger partial charge in [0.1, 0.15) is 11.9 Å². The zero-order chi connectivity index (χ0) is 16.3. The normalized spacial score (nSPS) is 19.3. The highest BCUT2D eigenvalue weighted by Crippen LogP contribution is 2.32. The fourth-order valence-corrected chi connectivity index (χ4v) is 2.93. The Morgan fingerprint density at radius 3 is 2.45 bits per heavy atom. The first kappa shape index (κ1) is 16.9. The molecule has 4 nitrogen and oxygen atoms in total. The van der Waals surface area contributed by atoms with Gasteiger partial charge >= 0.3 is 0 Å². The van der Waals surface area contributed by atoms with E-state index in [0.717, 1.165) is 12.8 Å². The molecular formula is C17H25FN2O2. The van der Waals surface area contributed by atoms with Crippen LogP contribution in [0.25, 0.3) is 0 Å². The van der Waals surface area contributed by atoms with Crippen LogP contribution in [-0.2, 0) is 4.79 Å². The molecule has 0 radical (unpaired) electrons. The van der Waals surface area contributed by atoms with Crippen LogP contribution in [0.5, 0.6) is 0 Å². The third kappa shape index (κ3) is 3.47. The first-order valence-corrected chi connectivity index (χ1v) is 7.68. The number of aliphatic hydroxyl groups excluding tert-OH is 1. The number of likely N-dealkylation sites (N-methyl/N-ethyl adjacent to an activating group) is 1. The molecule has 1 aliphatic heterocycles. The van der Waals surface area contributed by atoms with Gasteiger partial charge in [0.2, 0.25) is 5.91 Å². The van der Waals surface area contributed by atoms with Crippen LogP contribution in [0, 0.1) is 11.2 Å². The quantitative estimate of drug-likeness (QED) is 0.926. The van der Waals surface area contributed by atoms with Gasteiger partial charge in [-0.25, -0.2) is 4.39 Å². The van der Waals surface area contributed by atoms with Crippen LogP contribution < -0.4 is 0 Å². The summed E-state index contributed by atoms with van der Waals surface area (Å²) in [5, 5.41) is 9.43. The average Bonchev–Trinajstić information content (AvgIpc) is 2.50. The highest BCUT2D eigenvalue weighted by atomic mass is 19.1. The Morgan fingerprint density at radius 2 is 1.95 bits per heavy atom. The minimum atomic E-state index is -0.611. The van der Waals surface area contributed by atoms with E-state index < -0.39 is 6.04 Å². The number of piperidine rings is 1. The molecule has 5 heteroatoms. The molecule has 0 spiro atoms. The molecular weight excluding hydrogens is 283 g/mol.